The van der Waals surface area contributed by atoms with Gasteiger partial charge in [0.2, 0.25) is 5.91 Å². The highest BCUT2D eigenvalue weighted by Crippen LogP contribution is 2.21. The third-order valence-electron chi connectivity index (χ3n) is 4.43. The van der Waals surface area contributed by atoms with E-state index in [-0.39, 0.29) is 23.3 Å². The van der Waals surface area contributed by atoms with Crippen molar-refractivity contribution in [1.29, 1.82) is 0 Å². The lowest BCUT2D eigenvalue weighted by atomic mass is 10.1. The Morgan fingerprint density at radius 2 is 2.07 bits per heavy atom. The van der Waals surface area contributed by atoms with Gasteiger partial charge in [0.15, 0.2) is 5.16 Å². The predicted molar refractivity (Wildman–Crippen MR) is 117 cm³/mol. The van der Waals surface area contributed by atoms with E-state index in [2.05, 4.69) is 22.4 Å². The Bertz CT molecular complexity index is 982. The fourth-order valence-electron chi connectivity index (χ4n) is 3.00. The molecule has 0 aliphatic rings. The lowest BCUT2D eigenvalue weighted by Gasteiger charge is -2.15. The maximum Gasteiger partial charge on any atom is 0.272 e. The molecule has 148 valence electrons. The van der Waals surface area contributed by atoms with Crippen LogP contribution in [0.4, 0.5) is 0 Å². The Labute approximate surface area is 173 Å². The molecule has 3 rings (SSSR count). The van der Waals surface area contributed by atoms with Gasteiger partial charge in [-0.25, -0.2) is 4.98 Å². The van der Waals surface area contributed by atoms with E-state index in [0.717, 1.165) is 19.3 Å². The Balaban J connectivity index is 1.58. The lowest BCUT2D eigenvalue weighted by Crippen LogP contribution is -2.34. The van der Waals surface area contributed by atoms with Crippen molar-refractivity contribution in [3.8, 4) is 0 Å². The van der Waals surface area contributed by atoms with Crippen molar-refractivity contribution in [1.82, 2.24) is 14.9 Å². The monoisotopic (exact) mass is 415 g/mol. The third kappa shape index (κ3) is 5.23. The highest BCUT2D eigenvalue weighted by molar-refractivity contribution is 7.99. The van der Waals surface area contributed by atoms with Crippen molar-refractivity contribution in [2.24, 2.45) is 0 Å². The number of aryl methyl sites for hydroxylation is 1. The van der Waals surface area contributed by atoms with Crippen LogP contribution in [0.3, 0.4) is 0 Å². The maximum atomic E-state index is 12.7. The quantitative estimate of drug-likeness (QED) is 0.422. The Kier molecular flexibility index (Phi) is 7.28. The van der Waals surface area contributed by atoms with Crippen LogP contribution >= 0.6 is 23.1 Å². The number of nitrogens with zero attached hydrogens (tertiary/aromatic N) is 2. The second-order valence-corrected chi connectivity index (χ2v) is 8.63. The summed E-state index contributed by atoms with van der Waals surface area (Å²) in [6.45, 7) is 4.66. The summed E-state index contributed by atoms with van der Waals surface area (Å²) in [5.41, 5.74) is 1.97. The molecule has 0 fully saturated rings. The largest absolute Gasteiger partial charge is 0.353 e. The zero-order valence-electron chi connectivity index (χ0n) is 16.2. The number of thiophene rings is 1. The summed E-state index contributed by atoms with van der Waals surface area (Å²) in [7, 11) is 0. The van der Waals surface area contributed by atoms with Gasteiger partial charge in [-0.2, -0.15) is 0 Å². The summed E-state index contributed by atoms with van der Waals surface area (Å²) in [6, 6.07) is 12.2. The van der Waals surface area contributed by atoms with Gasteiger partial charge in [0.05, 0.1) is 11.3 Å². The number of thioether (sulfide) groups is 1. The van der Waals surface area contributed by atoms with E-state index in [1.54, 1.807) is 4.57 Å². The van der Waals surface area contributed by atoms with Crippen LogP contribution in [-0.4, -0.2) is 27.3 Å². The Morgan fingerprint density at radius 1 is 1.29 bits per heavy atom. The summed E-state index contributed by atoms with van der Waals surface area (Å²) in [5.74, 6) is 0.217. The lowest BCUT2D eigenvalue weighted by molar-refractivity contribution is -0.119. The standard InChI is InChI=1S/C21H25N3O2S2/c1-3-12-24-20(26)19-17(11-13-27-19)23-21(24)28-14-18(25)22-15(2)9-10-16-7-5-4-6-8-16/h4-8,11,13,15H,3,9-10,12,14H2,1-2H3,(H,22,25)/t15-/m1/s1. The Morgan fingerprint density at radius 3 is 2.82 bits per heavy atom. The van der Waals surface area contributed by atoms with Gasteiger partial charge in [-0.05, 0) is 43.2 Å². The topological polar surface area (TPSA) is 64.0 Å². The summed E-state index contributed by atoms with van der Waals surface area (Å²) < 4.78 is 2.37. The molecule has 0 aliphatic heterocycles. The minimum atomic E-state index is -0.0340. The van der Waals surface area contributed by atoms with Gasteiger partial charge in [0.25, 0.3) is 5.56 Å². The minimum Gasteiger partial charge on any atom is -0.353 e. The number of fused-ring (bicyclic) bond motifs is 1. The average molecular weight is 416 g/mol. The highest BCUT2D eigenvalue weighted by Gasteiger charge is 2.14. The van der Waals surface area contributed by atoms with Gasteiger partial charge < -0.3 is 5.32 Å². The first-order chi connectivity index (χ1) is 13.6. The first-order valence-electron chi connectivity index (χ1n) is 9.52. The molecular formula is C21H25N3O2S2. The second-order valence-electron chi connectivity index (χ2n) is 6.77. The van der Waals surface area contributed by atoms with Gasteiger partial charge in [0, 0.05) is 12.6 Å². The van der Waals surface area contributed by atoms with E-state index in [4.69, 9.17) is 0 Å². The zero-order valence-corrected chi connectivity index (χ0v) is 17.8. The van der Waals surface area contributed by atoms with Gasteiger partial charge in [-0.3, -0.25) is 14.2 Å². The molecule has 7 heteroatoms. The van der Waals surface area contributed by atoms with Crippen LogP contribution in [0.5, 0.6) is 0 Å². The van der Waals surface area contributed by atoms with E-state index in [9.17, 15) is 9.59 Å². The van der Waals surface area contributed by atoms with E-state index in [1.165, 1.54) is 28.7 Å². The number of aromatic nitrogens is 2. The van der Waals surface area contributed by atoms with Gasteiger partial charge in [-0.15, -0.1) is 11.3 Å². The number of benzene rings is 1. The molecule has 1 atom stereocenters. The highest BCUT2D eigenvalue weighted by atomic mass is 32.2. The molecule has 0 saturated carbocycles. The van der Waals surface area contributed by atoms with Crippen LogP contribution < -0.4 is 10.9 Å². The number of hydrogen-bond acceptors (Lipinski definition) is 5. The van der Waals surface area contributed by atoms with Gasteiger partial charge in [0.1, 0.15) is 4.70 Å². The van der Waals surface area contributed by atoms with Crippen LogP contribution in [0.25, 0.3) is 10.2 Å². The van der Waals surface area contributed by atoms with Crippen molar-refractivity contribution in [2.75, 3.05) is 5.75 Å². The number of carbonyl (C=O) groups is 1. The SMILES string of the molecule is CCCn1c(SCC(=O)N[C@H](C)CCc2ccccc2)nc2ccsc2c1=O. The predicted octanol–water partition coefficient (Wildman–Crippen LogP) is 4.10. The first-order valence-corrected chi connectivity index (χ1v) is 11.4. The molecule has 5 nitrogen and oxygen atoms in total. The molecule has 0 spiro atoms. The zero-order chi connectivity index (χ0) is 19.9. The molecule has 28 heavy (non-hydrogen) atoms. The van der Waals surface area contributed by atoms with Crippen molar-refractivity contribution in [2.45, 2.75) is 50.9 Å². The van der Waals surface area contributed by atoms with E-state index in [0.29, 0.717) is 21.9 Å². The molecule has 0 radical (unpaired) electrons. The van der Waals surface area contributed by atoms with E-state index >= 15 is 0 Å². The van der Waals surface area contributed by atoms with Gasteiger partial charge in [-0.1, -0.05) is 49.0 Å². The molecule has 0 bridgehead atoms. The number of carbonyl (C=O) groups excluding carboxylic acids is 1. The number of hydrogen-bond donors (Lipinski definition) is 1. The first kappa shape index (κ1) is 20.6. The minimum absolute atomic E-state index is 0.0130. The van der Waals surface area contributed by atoms with Crippen molar-refractivity contribution in [3.05, 3.63) is 57.7 Å². The van der Waals surface area contributed by atoms with Crippen molar-refractivity contribution < 1.29 is 4.79 Å². The second kappa shape index (κ2) is 9.89. The maximum absolute atomic E-state index is 12.7. The summed E-state index contributed by atoms with van der Waals surface area (Å²) in [5, 5.41) is 5.54. The summed E-state index contributed by atoms with van der Waals surface area (Å²) >= 11 is 2.74. The molecular weight excluding hydrogens is 390 g/mol. The summed E-state index contributed by atoms with van der Waals surface area (Å²) in [6.07, 6.45) is 2.66. The molecule has 3 aromatic rings. The fourth-order valence-corrected chi connectivity index (χ4v) is 4.62. The average Bonchev–Trinajstić information content (AvgIpc) is 3.17. The molecule has 0 saturated heterocycles. The number of amides is 1. The fraction of sp³-hybridized carbons (Fsp3) is 0.381. The smallest absolute Gasteiger partial charge is 0.272 e. The molecule has 2 aromatic heterocycles. The third-order valence-corrected chi connectivity index (χ3v) is 6.29. The van der Waals surface area contributed by atoms with Crippen LogP contribution in [0.15, 0.2) is 51.7 Å². The summed E-state index contributed by atoms with van der Waals surface area (Å²) in [4.78, 5) is 29.6. The Hall–Kier alpha value is -2.12. The number of nitrogens with one attached hydrogen (secondary N) is 1. The molecule has 1 amide bonds. The van der Waals surface area contributed by atoms with E-state index < -0.39 is 0 Å². The molecule has 1 aromatic carbocycles. The molecule has 2 heterocycles. The molecule has 0 aliphatic carbocycles. The molecule has 1 N–H and O–H groups in total. The van der Waals surface area contributed by atoms with E-state index in [1.807, 2.05) is 43.5 Å². The normalized spacial score (nSPS) is 12.2. The van der Waals surface area contributed by atoms with Crippen LogP contribution in [0.2, 0.25) is 0 Å². The molecule has 0 unspecified atom stereocenters. The van der Waals surface area contributed by atoms with Crippen LogP contribution in [0, 0.1) is 0 Å². The van der Waals surface area contributed by atoms with Crippen molar-refractivity contribution >= 4 is 39.2 Å². The van der Waals surface area contributed by atoms with Gasteiger partial charge >= 0.3 is 0 Å². The van der Waals surface area contributed by atoms with Crippen LogP contribution in [0.1, 0.15) is 32.3 Å². The van der Waals surface area contributed by atoms with Crippen molar-refractivity contribution in [3.63, 3.8) is 0 Å². The van der Waals surface area contributed by atoms with Crippen LogP contribution in [-0.2, 0) is 17.8 Å². The number of rotatable bonds is 9.